The van der Waals surface area contributed by atoms with Gasteiger partial charge in [-0.25, -0.2) is 4.39 Å². The zero-order chi connectivity index (χ0) is 30.8. The molecule has 12 heteroatoms. The first-order valence-corrected chi connectivity index (χ1v) is 14.4. The molecule has 42 heavy (non-hydrogen) atoms. The first-order valence-electron chi connectivity index (χ1n) is 14.4. The maximum absolute atomic E-state index is 13.8. The number of rotatable bonds is 7. The average molecular weight is 585 g/mol. The number of amides is 2. The van der Waals surface area contributed by atoms with Crippen molar-refractivity contribution >= 4 is 29.3 Å². The molecule has 2 amide bonds. The highest BCUT2D eigenvalue weighted by molar-refractivity contribution is 5.89. The summed E-state index contributed by atoms with van der Waals surface area (Å²) in [5.74, 6) is -1.00. The number of benzene rings is 1. The van der Waals surface area contributed by atoms with E-state index in [0.29, 0.717) is 37.4 Å². The van der Waals surface area contributed by atoms with Gasteiger partial charge in [0.05, 0.1) is 17.9 Å². The minimum atomic E-state index is -0.719. The van der Waals surface area contributed by atoms with E-state index in [1.165, 1.54) is 25.1 Å². The van der Waals surface area contributed by atoms with Crippen LogP contribution in [0.2, 0.25) is 0 Å². The van der Waals surface area contributed by atoms with Crippen LogP contribution in [0.5, 0.6) is 5.75 Å². The van der Waals surface area contributed by atoms with Crippen molar-refractivity contribution in [2.75, 3.05) is 30.3 Å². The first-order chi connectivity index (χ1) is 19.7. The maximum atomic E-state index is 13.8. The summed E-state index contributed by atoms with van der Waals surface area (Å²) in [6.45, 7) is 10.6. The number of phenolic OH excluding ortho intramolecular Hbond substituents is 1. The molecule has 1 aromatic carbocycles. The van der Waals surface area contributed by atoms with Gasteiger partial charge in [-0.3, -0.25) is 14.4 Å². The summed E-state index contributed by atoms with van der Waals surface area (Å²) >= 11 is 0. The van der Waals surface area contributed by atoms with Gasteiger partial charge in [0.25, 0.3) is 0 Å². The number of halogens is 1. The lowest BCUT2D eigenvalue weighted by Crippen LogP contribution is -2.55. The number of aromatic nitrogens is 2. The highest BCUT2D eigenvalue weighted by Gasteiger charge is 2.42. The van der Waals surface area contributed by atoms with Gasteiger partial charge in [0.15, 0.2) is 5.82 Å². The zero-order valence-electron chi connectivity index (χ0n) is 24.9. The lowest BCUT2D eigenvalue weighted by molar-refractivity contribution is -0.147. The number of carbonyl (C=O) groups is 3. The van der Waals surface area contributed by atoms with Gasteiger partial charge in [-0.2, -0.15) is 0 Å². The van der Waals surface area contributed by atoms with E-state index in [0.717, 1.165) is 12.8 Å². The summed E-state index contributed by atoms with van der Waals surface area (Å²) in [5, 5.41) is 21.2. The third-order valence-corrected chi connectivity index (χ3v) is 8.04. The van der Waals surface area contributed by atoms with Crippen molar-refractivity contribution in [3.63, 3.8) is 0 Å². The number of aromatic hydroxyl groups is 1. The highest BCUT2D eigenvalue weighted by Crippen LogP contribution is 2.34. The Labute approximate surface area is 245 Å². The Bertz CT molecular complexity index is 1320. The molecule has 11 nitrogen and oxygen atoms in total. The number of hydrogen-bond acceptors (Lipinski definition) is 9. The molecule has 4 N–H and O–H groups in total. The first kappa shape index (κ1) is 31.0. The second-order valence-corrected chi connectivity index (χ2v) is 12.5. The molecule has 2 aliphatic rings. The van der Waals surface area contributed by atoms with Crippen LogP contribution in [0.1, 0.15) is 60.3 Å². The van der Waals surface area contributed by atoms with Crippen molar-refractivity contribution in [3.05, 3.63) is 30.1 Å². The van der Waals surface area contributed by atoms with Gasteiger partial charge in [-0.15, -0.1) is 10.2 Å². The van der Waals surface area contributed by atoms with Crippen LogP contribution in [0.15, 0.2) is 24.3 Å². The van der Waals surface area contributed by atoms with Crippen LogP contribution in [0, 0.1) is 17.2 Å². The molecule has 0 saturated carbocycles. The monoisotopic (exact) mass is 584 g/mol. The number of nitrogens with two attached hydrogens (primary N) is 1. The standard InChI is InChI=1S/C30H41FN6O5/c1-17-12-21(42-18(2)38)16-37(17)29(41)27(30(3,4)5)33-26(40)13-19-8-10-36(11-9-19)24-15-23(34-35-28(24)32)22-14-20(31)6-7-25(22)39/h6-7,14-15,17,19,21,27,39H,8-13,16H2,1-5H3,(H2,32,35)(H,33,40)/t17-,21-,27-/m1/s1. The molecule has 2 saturated heterocycles. The Kier molecular flexibility index (Phi) is 9.22. The summed E-state index contributed by atoms with van der Waals surface area (Å²) in [6, 6.07) is 4.50. The van der Waals surface area contributed by atoms with Crippen LogP contribution in [0.4, 0.5) is 15.9 Å². The van der Waals surface area contributed by atoms with E-state index in [1.807, 2.05) is 32.6 Å². The Morgan fingerprint density at radius 3 is 2.52 bits per heavy atom. The number of phenols is 1. The fourth-order valence-corrected chi connectivity index (χ4v) is 5.77. The number of carbonyl (C=O) groups excluding carboxylic acids is 3. The Morgan fingerprint density at radius 2 is 1.88 bits per heavy atom. The lowest BCUT2D eigenvalue weighted by Gasteiger charge is -2.36. The van der Waals surface area contributed by atoms with E-state index in [9.17, 15) is 23.9 Å². The van der Waals surface area contributed by atoms with Crippen molar-refractivity contribution in [1.29, 1.82) is 0 Å². The van der Waals surface area contributed by atoms with Crippen LogP contribution >= 0.6 is 0 Å². The van der Waals surface area contributed by atoms with Gasteiger partial charge in [0, 0.05) is 44.5 Å². The topological polar surface area (TPSA) is 151 Å². The van der Waals surface area contributed by atoms with E-state index >= 15 is 0 Å². The summed E-state index contributed by atoms with van der Waals surface area (Å²) in [7, 11) is 0. The fraction of sp³-hybridized carbons (Fsp3) is 0.567. The van der Waals surface area contributed by atoms with E-state index < -0.39 is 17.3 Å². The summed E-state index contributed by atoms with van der Waals surface area (Å²) in [4.78, 5) is 41.9. The number of nitrogens with one attached hydrogen (secondary N) is 1. The van der Waals surface area contributed by atoms with E-state index in [2.05, 4.69) is 15.5 Å². The molecule has 0 bridgehead atoms. The highest BCUT2D eigenvalue weighted by atomic mass is 19.1. The van der Waals surface area contributed by atoms with Crippen LogP contribution in [0.3, 0.4) is 0 Å². The normalized spacial score (nSPS) is 20.3. The third kappa shape index (κ3) is 7.27. The van der Waals surface area contributed by atoms with E-state index in [-0.39, 0.29) is 59.4 Å². The molecular formula is C30H41FN6O5. The molecule has 0 radical (unpaired) electrons. The van der Waals surface area contributed by atoms with Crippen LogP contribution < -0.4 is 16.0 Å². The molecule has 2 aromatic rings. The molecule has 228 valence electrons. The fourth-order valence-electron chi connectivity index (χ4n) is 5.77. The van der Waals surface area contributed by atoms with Crippen LogP contribution in [0.25, 0.3) is 11.3 Å². The molecule has 3 atom stereocenters. The molecule has 1 aromatic heterocycles. The van der Waals surface area contributed by atoms with E-state index in [1.54, 1.807) is 11.0 Å². The third-order valence-electron chi connectivity index (χ3n) is 8.04. The van der Waals surface area contributed by atoms with Crippen molar-refractivity contribution in [2.24, 2.45) is 11.3 Å². The minimum Gasteiger partial charge on any atom is -0.507 e. The number of anilines is 2. The number of piperidine rings is 1. The smallest absolute Gasteiger partial charge is 0.302 e. The molecule has 2 aliphatic heterocycles. The number of nitrogens with zero attached hydrogens (tertiary/aromatic N) is 4. The van der Waals surface area contributed by atoms with Gasteiger partial charge in [-0.1, -0.05) is 20.8 Å². The van der Waals surface area contributed by atoms with Gasteiger partial charge >= 0.3 is 5.97 Å². The van der Waals surface area contributed by atoms with Crippen molar-refractivity contribution in [1.82, 2.24) is 20.4 Å². The quantitative estimate of drug-likeness (QED) is 0.417. The Morgan fingerprint density at radius 1 is 1.19 bits per heavy atom. The van der Waals surface area contributed by atoms with Crippen LogP contribution in [-0.4, -0.2) is 75.8 Å². The SMILES string of the molecule is CC(=O)O[C@@H]1C[C@@H](C)N(C(=O)[C@@H](NC(=O)CC2CCN(c3cc(-c4cc(F)ccc4O)nnc3N)CC2)C(C)(C)C)C1. The van der Waals surface area contributed by atoms with Crippen molar-refractivity contribution in [2.45, 2.75) is 78.5 Å². The predicted octanol–water partition coefficient (Wildman–Crippen LogP) is 3.26. The maximum Gasteiger partial charge on any atom is 0.302 e. The second kappa shape index (κ2) is 12.5. The lowest BCUT2D eigenvalue weighted by atomic mass is 9.85. The number of likely N-dealkylation sites (tertiary alicyclic amines) is 1. The average Bonchev–Trinajstić information content (AvgIpc) is 3.27. The number of nitrogen functional groups attached to an aromatic ring is 1. The van der Waals surface area contributed by atoms with Gasteiger partial charge < -0.3 is 30.7 Å². The molecular weight excluding hydrogens is 543 g/mol. The summed E-state index contributed by atoms with van der Waals surface area (Å²) < 4.78 is 19.1. The largest absolute Gasteiger partial charge is 0.507 e. The Balaban J connectivity index is 1.36. The molecule has 0 unspecified atom stereocenters. The second-order valence-electron chi connectivity index (χ2n) is 12.5. The number of ether oxygens (including phenoxy) is 1. The minimum absolute atomic E-state index is 0.103. The van der Waals surface area contributed by atoms with Crippen molar-refractivity contribution in [3.8, 4) is 17.0 Å². The molecule has 4 rings (SSSR count). The summed E-state index contributed by atoms with van der Waals surface area (Å²) in [5.41, 5.74) is 6.77. The van der Waals surface area contributed by atoms with Gasteiger partial charge in [0.1, 0.15) is 23.7 Å². The number of esters is 1. The van der Waals surface area contributed by atoms with Crippen LogP contribution in [-0.2, 0) is 19.1 Å². The Hall–Kier alpha value is -3.96. The molecule has 0 aliphatic carbocycles. The van der Waals surface area contributed by atoms with Crippen molar-refractivity contribution < 1.29 is 28.6 Å². The molecule has 2 fully saturated rings. The van der Waals surface area contributed by atoms with Gasteiger partial charge in [0.2, 0.25) is 11.8 Å². The summed E-state index contributed by atoms with van der Waals surface area (Å²) in [6.07, 6.45) is 1.94. The van der Waals surface area contributed by atoms with E-state index in [4.69, 9.17) is 10.5 Å². The number of hydrogen-bond donors (Lipinski definition) is 3. The molecule has 0 spiro atoms. The van der Waals surface area contributed by atoms with Gasteiger partial charge in [-0.05, 0) is 55.4 Å². The molecule has 3 heterocycles. The zero-order valence-corrected chi connectivity index (χ0v) is 24.9. The predicted molar refractivity (Wildman–Crippen MR) is 156 cm³/mol.